The van der Waals surface area contributed by atoms with Gasteiger partial charge in [0.2, 0.25) is 10.0 Å². The van der Waals surface area contributed by atoms with E-state index in [2.05, 4.69) is 15.9 Å². The minimum atomic E-state index is -4.08. The zero-order chi connectivity index (χ0) is 20.9. The van der Waals surface area contributed by atoms with Gasteiger partial charge in [0.15, 0.2) is 4.90 Å². The second-order valence-electron chi connectivity index (χ2n) is 6.40. The molecule has 2 atom stereocenters. The first-order valence-corrected chi connectivity index (χ1v) is 11.5. The van der Waals surface area contributed by atoms with Crippen LogP contribution in [-0.2, 0) is 19.6 Å². The van der Waals surface area contributed by atoms with E-state index < -0.39 is 26.7 Å². The Morgan fingerprint density at radius 3 is 2.54 bits per heavy atom. The smallest absolute Gasteiger partial charge is 0.320 e. The Balaban J connectivity index is 2.35. The van der Waals surface area contributed by atoms with Crippen LogP contribution in [0, 0.1) is 10.1 Å². The van der Waals surface area contributed by atoms with E-state index >= 15 is 0 Å². The highest BCUT2D eigenvalue weighted by molar-refractivity contribution is 9.09. The average molecular weight is 478 g/mol. The van der Waals surface area contributed by atoms with Crippen LogP contribution < -0.4 is 0 Å². The standard InChI is InChI=1S/C17H24BrN3O6S/c1-3-13-10-19(12-17(22)27-4-2)14(9-18)11-20(13)28(25,26)16-8-6-5-7-15(16)21(23)24/h5-8,13-14H,3-4,9-12H2,1-2H3/t13-,14-/m0/s1. The minimum absolute atomic E-state index is 0.0694. The molecule has 0 spiro atoms. The monoisotopic (exact) mass is 477 g/mol. The van der Waals surface area contributed by atoms with Crippen LogP contribution in [-0.4, -0.2) is 72.2 Å². The molecule has 1 aliphatic rings. The number of esters is 1. The predicted molar refractivity (Wildman–Crippen MR) is 107 cm³/mol. The summed E-state index contributed by atoms with van der Waals surface area (Å²) in [6.45, 7) is 4.39. The van der Waals surface area contributed by atoms with Gasteiger partial charge in [-0.25, -0.2) is 8.42 Å². The summed E-state index contributed by atoms with van der Waals surface area (Å²) in [6.07, 6.45) is 0.508. The highest BCUT2D eigenvalue weighted by atomic mass is 79.9. The molecule has 0 unspecified atom stereocenters. The SMILES string of the molecule is CCOC(=O)CN1C[C@H](CC)N(S(=O)(=O)c2ccccc2[N+](=O)[O-])C[C@@H]1CBr. The van der Waals surface area contributed by atoms with Gasteiger partial charge in [0, 0.05) is 36.6 Å². The van der Waals surface area contributed by atoms with E-state index in [1.54, 1.807) is 6.92 Å². The molecule has 1 aliphatic heterocycles. The number of rotatable bonds is 8. The maximum absolute atomic E-state index is 13.3. The Morgan fingerprint density at radius 2 is 1.96 bits per heavy atom. The largest absolute Gasteiger partial charge is 0.465 e. The molecule has 1 saturated heterocycles. The summed E-state index contributed by atoms with van der Waals surface area (Å²) in [5.74, 6) is -0.363. The van der Waals surface area contributed by atoms with E-state index in [1.807, 2.05) is 11.8 Å². The number of nitro groups is 1. The molecule has 0 amide bonds. The number of carbonyl (C=O) groups is 1. The lowest BCUT2D eigenvalue weighted by Gasteiger charge is -2.44. The van der Waals surface area contributed by atoms with Gasteiger partial charge in [-0.05, 0) is 19.4 Å². The van der Waals surface area contributed by atoms with Gasteiger partial charge in [-0.1, -0.05) is 35.0 Å². The lowest BCUT2D eigenvalue weighted by atomic mass is 10.1. The van der Waals surface area contributed by atoms with Crippen molar-refractivity contribution in [3.63, 3.8) is 0 Å². The van der Waals surface area contributed by atoms with Crippen LogP contribution >= 0.6 is 15.9 Å². The Kier molecular flexibility index (Phi) is 7.93. The molecule has 0 bridgehead atoms. The van der Waals surface area contributed by atoms with Crippen molar-refractivity contribution in [3.05, 3.63) is 34.4 Å². The van der Waals surface area contributed by atoms with E-state index in [-0.39, 0.29) is 36.6 Å². The van der Waals surface area contributed by atoms with Crippen LogP contribution in [0.3, 0.4) is 0 Å². The number of benzene rings is 1. The fraction of sp³-hybridized carbons (Fsp3) is 0.588. The van der Waals surface area contributed by atoms with Crippen molar-refractivity contribution in [3.8, 4) is 0 Å². The number of nitro benzene ring substituents is 1. The number of hydrogen-bond donors (Lipinski definition) is 0. The summed E-state index contributed by atoms with van der Waals surface area (Å²) in [6, 6.07) is 4.69. The van der Waals surface area contributed by atoms with E-state index in [4.69, 9.17) is 4.74 Å². The molecular formula is C17H24BrN3O6S. The van der Waals surface area contributed by atoms with Gasteiger partial charge >= 0.3 is 5.97 Å². The first kappa shape index (κ1) is 22.7. The first-order valence-electron chi connectivity index (χ1n) is 8.97. The molecule has 0 N–H and O–H groups in total. The highest BCUT2D eigenvalue weighted by Gasteiger charge is 2.42. The number of alkyl halides is 1. The molecule has 0 radical (unpaired) electrons. The van der Waals surface area contributed by atoms with Crippen LogP contribution in [0.1, 0.15) is 20.3 Å². The van der Waals surface area contributed by atoms with Gasteiger partial charge in [-0.15, -0.1) is 0 Å². The zero-order valence-corrected chi connectivity index (χ0v) is 18.2. The van der Waals surface area contributed by atoms with E-state index in [0.717, 1.165) is 0 Å². The van der Waals surface area contributed by atoms with Crippen LogP contribution in [0.5, 0.6) is 0 Å². The average Bonchev–Trinajstić information content (AvgIpc) is 2.67. The summed E-state index contributed by atoms with van der Waals surface area (Å²) in [5, 5.41) is 11.8. The Hall–Kier alpha value is -1.56. The molecular weight excluding hydrogens is 454 g/mol. The molecule has 9 nitrogen and oxygen atoms in total. The van der Waals surface area contributed by atoms with E-state index in [0.29, 0.717) is 18.3 Å². The molecule has 0 saturated carbocycles. The van der Waals surface area contributed by atoms with Gasteiger partial charge in [0.05, 0.1) is 18.1 Å². The number of nitrogens with zero attached hydrogens (tertiary/aromatic N) is 3. The van der Waals surface area contributed by atoms with Crippen LogP contribution in [0.25, 0.3) is 0 Å². The molecule has 2 rings (SSSR count). The molecule has 1 fully saturated rings. The van der Waals surface area contributed by atoms with Gasteiger partial charge in [0.25, 0.3) is 5.69 Å². The van der Waals surface area contributed by atoms with Gasteiger partial charge in [-0.3, -0.25) is 19.8 Å². The topological polar surface area (TPSA) is 110 Å². The summed E-state index contributed by atoms with van der Waals surface area (Å²) in [7, 11) is -4.08. The molecule has 28 heavy (non-hydrogen) atoms. The van der Waals surface area contributed by atoms with Crippen molar-refractivity contribution in [1.29, 1.82) is 0 Å². The Morgan fingerprint density at radius 1 is 1.29 bits per heavy atom. The quantitative estimate of drug-likeness (QED) is 0.243. The van der Waals surface area contributed by atoms with E-state index in [1.165, 1.54) is 28.6 Å². The molecule has 0 aromatic heterocycles. The number of halogens is 1. The molecule has 1 heterocycles. The highest BCUT2D eigenvalue weighted by Crippen LogP contribution is 2.31. The second-order valence-corrected chi connectivity index (χ2v) is 8.91. The maximum atomic E-state index is 13.3. The fourth-order valence-electron chi connectivity index (χ4n) is 3.28. The molecule has 0 aliphatic carbocycles. The van der Waals surface area contributed by atoms with Crippen molar-refractivity contribution in [1.82, 2.24) is 9.21 Å². The van der Waals surface area contributed by atoms with Crippen LogP contribution in [0.2, 0.25) is 0 Å². The second kappa shape index (κ2) is 9.77. The number of ether oxygens (including phenoxy) is 1. The Labute approximate surface area is 173 Å². The van der Waals surface area contributed by atoms with Crippen LogP contribution in [0.4, 0.5) is 5.69 Å². The van der Waals surface area contributed by atoms with Crippen molar-refractivity contribution < 1.29 is 22.9 Å². The minimum Gasteiger partial charge on any atom is -0.465 e. The number of carbonyl (C=O) groups excluding carboxylic acids is 1. The normalized spacial score (nSPS) is 21.4. The van der Waals surface area contributed by atoms with Crippen molar-refractivity contribution >= 4 is 37.6 Å². The summed E-state index contributed by atoms with van der Waals surface area (Å²) in [4.78, 5) is 24.1. The summed E-state index contributed by atoms with van der Waals surface area (Å²) in [5.41, 5.74) is -0.443. The van der Waals surface area contributed by atoms with Crippen molar-refractivity contribution in [2.24, 2.45) is 0 Å². The molecule has 1 aromatic carbocycles. The lowest BCUT2D eigenvalue weighted by molar-refractivity contribution is -0.387. The third-order valence-corrected chi connectivity index (χ3v) is 7.41. The van der Waals surface area contributed by atoms with Gasteiger partial charge in [-0.2, -0.15) is 4.31 Å². The molecule has 11 heteroatoms. The number of sulfonamides is 1. The third-order valence-electron chi connectivity index (χ3n) is 4.70. The zero-order valence-electron chi connectivity index (χ0n) is 15.8. The Bertz CT molecular complexity index is 819. The molecule has 1 aromatic rings. The molecule has 156 valence electrons. The summed E-state index contributed by atoms with van der Waals surface area (Å²) >= 11 is 3.39. The van der Waals surface area contributed by atoms with Crippen molar-refractivity contribution in [2.75, 3.05) is 31.6 Å². The maximum Gasteiger partial charge on any atom is 0.320 e. The third kappa shape index (κ3) is 4.88. The van der Waals surface area contributed by atoms with Crippen LogP contribution in [0.15, 0.2) is 29.2 Å². The number of piperazine rings is 1. The van der Waals surface area contributed by atoms with Gasteiger partial charge < -0.3 is 4.74 Å². The predicted octanol–water partition coefficient (Wildman–Crippen LogP) is 2.01. The summed E-state index contributed by atoms with van der Waals surface area (Å²) < 4.78 is 32.9. The van der Waals surface area contributed by atoms with E-state index in [9.17, 15) is 23.3 Å². The fourth-order valence-corrected chi connectivity index (χ4v) is 5.78. The number of para-hydroxylation sites is 1. The van der Waals surface area contributed by atoms with Gasteiger partial charge in [0.1, 0.15) is 0 Å². The number of hydrogen-bond acceptors (Lipinski definition) is 7. The first-order chi connectivity index (χ1) is 13.3. The lowest BCUT2D eigenvalue weighted by Crippen LogP contribution is -2.61. The van der Waals surface area contributed by atoms with Crippen molar-refractivity contribution in [2.45, 2.75) is 37.2 Å².